The molecule has 0 bridgehead atoms. The van der Waals surface area contributed by atoms with Crippen molar-refractivity contribution in [2.75, 3.05) is 13.6 Å². The fourth-order valence-corrected chi connectivity index (χ4v) is 2.66. The Hall–Kier alpha value is -0.890. The number of fused-ring (bicyclic) bond motifs is 1. The number of carbonyl (C=O) groups excluding carboxylic acids is 1. The summed E-state index contributed by atoms with van der Waals surface area (Å²) in [6.07, 6.45) is 0. The number of likely N-dealkylation sites (N-methyl/N-ethyl adjacent to an activating group) is 1. The van der Waals surface area contributed by atoms with Crippen LogP contribution in [0.15, 0.2) is 12.1 Å². The number of benzene rings is 1. The minimum Gasteiger partial charge on any atom is -0.344 e. The molecular weight excluding hydrogens is 408 g/mol. The molecule has 0 radical (unpaired) electrons. The molecule has 2 aromatic rings. The van der Waals surface area contributed by atoms with E-state index in [9.17, 15) is 9.18 Å². The number of halogens is 3. The highest BCUT2D eigenvalue weighted by atomic mass is 127. The van der Waals surface area contributed by atoms with Crippen LogP contribution in [0.5, 0.6) is 0 Å². The van der Waals surface area contributed by atoms with Crippen molar-refractivity contribution < 1.29 is 9.18 Å². The molecule has 114 valence electrons. The van der Waals surface area contributed by atoms with Crippen LogP contribution in [0.1, 0.15) is 25.0 Å². The zero-order valence-corrected chi connectivity index (χ0v) is 14.9. The molecule has 0 saturated heterocycles. The number of carbonyl (C=O) groups is 1. The topological polar surface area (TPSA) is 38.1 Å². The van der Waals surface area contributed by atoms with Crippen LogP contribution in [-0.4, -0.2) is 34.0 Å². The van der Waals surface area contributed by atoms with E-state index in [2.05, 4.69) is 4.98 Å². The van der Waals surface area contributed by atoms with Crippen LogP contribution in [0.25, 0.3) is 11.0 Å². The molecule has 0 aliphatic carbocycles. The molecule has 7 heteroatoms. The Labute approximate surface area is 141 Å². The molecule has 2 rings (SSSR count). The monoisotopic (exact) mass is 423 g/mol. The van der Waals surface area contributed by atoms with Crippen molar-refractivity contribution in [3.63, 3.8) is 0 Å². The van der Waals surface area contributed by atoms with Gasteiger partial charge in [0.05, 0.1) is 20.0 Å². The summed E-state index contributed by atoms with van der Waals surface area (Å²) in [5.74, 6) is 0.189. The summed E-state index contributed by atoms with van der Waals surface area (Å²) in [6.45, 7) is 4.41. The van der Waals surface area contributed by atoms with E-state index in [4.69, 9.17) is 11.6 Å². The fraction of sp³-hybridized carbons (Fsp3) is 0.429. The van der Waals surface area contributed by atoms with Crippen molar-refractivity contribution in [1.29, 1.82) is 0 Å². The van der Waals surface area contributed by atoms with Gasteiger partial charge in [-0.2, -0.15) is 0 Å². The smallest absolute Gasteiger partial charge is 0.242 e. The lowest BCUT2D eigenvalue weighted by atomic mass is 10.3. The molecule has 4 nitrogen and oxygen atoms in total. The third-order valence-electron chi connectivity index (χ3n) is 3.37. The Morgan fingerprint density at radius 2 is 2.24 bits per heavy atom. The van der Waals surface area contributed by atoms with Crippen LogP contribution < -0.4 is 0 Å². The third-order valence-corrected chi connectivity index (χ3v) is 4.39. The van der Waals surface area contributed by atoms with Gasteiger partial charge in [0.2, 0.25) is 5.91 Å². The Morgan fingerprint density at radius 1 is 1.57 bits per heavy atom. The van der Waals surface area contributed by atoms with Crippen molar-refractivity contribution in [3.05, 3.63) is 27.3 Å². The molecule has 0 aliphatic heterocycles. The maximum absolute atomic E-state index is 13.8. The quantitative estimate of drug-likeness (QED) is 0.557. The van der Waals surface area contributed by atoms with Crippen molar-refractivity contribution in [1.82, 2.24) is 14.5 Å². The molecule has 0 spiro atoms. The van der Waals surface area contributed by atoms with Gasteiger partial charge in [-0.1, -0.05) is 0 Å². The molecular formula is C14H16ClFIN3O. The van der Waals surface area contributed by atoms with E-state index in [0.717, 1.165) is 0 Å². The van der Waals surface area contributed by atoms with Gasteiger partial charge in [0, 0.05) is 19.7 Å². The Kier molecular flexibility index (Phi) is 5.08. The molecule has 1 aromatic heterocycles. The fourth-order valence-electron chi connectivity index (χ4n) is 2.04. The van der Waals surface area contributed by atoms with Gasteiger partial charge in [0.1, 0.15) is 18.2 Å². The molecule has 1 atom stereocenters. The number of alkyl halides is 1. The minimum atomic E-state index is -0.363. The normalized spacial score (nSPS) is 12.7. The molecule has 0 fully saturated rings. The van der Waals surface area contributed by atoms with Crippen LogP contribution >= 0.6 is 34.2 Å². The molecule has 1 amide bonds. The zero-order chi connectivity index (χ0) is 15.7. The third kappa shape index (κ3) is 3.31. The Bertz CT molecular complexity index is 686. The second-order valence-corrected chi connectivity index (χ2v) is 6.65. The first kappa shape index (κ1) is 16.5. The van der Waals surface area contributed by atoms with Crippen LogP contribution in [0.4, 0.5) is 4.39 Å². The first-order valence-corrected chi connectivity index (χ1v) is 8.09. The van der Waals surface area contributed by atoms with E-state index in [0.29, 0.717) is 27.0 Å². The van der Waals surface area contributed by atoms with E-state index in [1.165, 1.54) is 6.07 Å². The van der Waals surface area contributed by atoms with E-state index < -0.39 is 0 Å². The standard InChI is InChI=1S/C14H16ClFIN3O/c1-4-19(3)13(21)7-20-12-5-9(16)10(17)6-11(12)18-14(20)8(2)15/h5-6,8H,4,7H2,1-3H3. The van der Waals surface area contributed by atoms with Gasteiger partial charge in [0.15, 0.2) is 0 Å². The molecule has 1 aromatic carbocycles. The number of aromatic nitrogens is 2. The average molecular weight is 424 g/mol. The maximum atomic E-state index is 13.8. The summed E-state index contributed by atoms with van der Waals surface area (Å²) in [5.41, 5.74) is 1.24. The zero-order valence-electron chi connectivity index (χ0n) is 12.0. The van der Waals surface area contributed by atoms with Gasteiger partial charge in [0.25, 0.3) is 0 Å². The highest BCUT2D eigenvalue weighted by molar-refractivity contribution is 14.1. The van der Waals surface area contributed by atoms with E-state index >= 15 is 0 Å². The summed E-state index contributed by atoms with van der Waals surface area (Å²) in [6, 6.07) is 3.07. The molecule has 0 saturated carbocycles. The summed E-state index contributed by atoms with van der Waals surface area (Å²) in [5, 5.41) is -0.363. The first-order valence-electron chi connectivity index (χ1n) is 6.58. The largest absolute Gasteiger partial charge is 0.344 e. The second kappa shape index (κ2) is 6.48. The minimum absolute atomic E-state index is 0.0608. The molecule has 0 N–H and O–H groups in total. The summed E-state index contributed by atoms with van der Waals surface area (Å²) >= 11 is 8.07. The maximum Gasteiger partial charge on any atom is 0.242 e. The van der Waals surface area contributed by atoms with Crippen LogP contribution in [0, 0.1) is 9.39 Å². The van der Waals surface area contributed by atoms with Crippen molar-refractivity contribution in [2.24, 2.45) is 0 Å². The number of hydrogen-bond donors (Lipinski definition) is 0. The number of hydrogen-bond acceptors (Lipinski definition) is 2. The van der Waals surface area contributed by atoms with Gasteiger partial charge in [-0.05, 0) is 42.5 Å². The van der Waals surface area contributed by atoms with Crippen molar-refractivity contribution in [2.45, 2.75) is 25.8 Å². The van der Waals surface area contributed by atoms with Gasteiger partial charge < -0.3 is 9.47 Å². The van der Waals surface area contributed by atoms with Crippen LogP contribution in [0.3, 0.4) is 0 Å². The van der Waals surface area contributed by atoms with E-state index in [1.807, 2.05) is 29.5 Å². The molecule has 21 heavy (non-hydrogen) atoms. The van der Waals surface area contributed by atoms with Crippen molar-refractivity contribution >= 4 is 51.1 Å². The predicted octanol–water partition coefficient (Wildman–Crippen LogP) is 3.56. The lowest BCUT2D eigenvalue weighted by Gasteiger charge is -2.17. The summed E-state index contributed by atoms with van der Waals surface area (Å²) < 4.78 is 16.0. The van der Waals surface area contributed by atoms with Gasteiger partial charge in [-0.25, -0.2) is 9.37 Å². The van der Waals surface area contributed by atoms with Crippen molar-refractivity contribution in [3.8, 4) is 0 Å². The summed E-state index contributed by atoms with van der Waals surface area (Å²) in [4.78, 5) is 18.2. The highest BCUT2D eigenvalue weighted by Crippen LogP contribution is 2.27. The number of nitrogens with zero attached hydrogens (tertiary/aromatic N) is 3. The second-order valence-electron chi connectivity index (χ2n) is 4.84. The summed E-state index contributed by atoms with van der Waals surface area (Å²) in [7, 11) is 1.73. The predicted molar refractivity (Wildman–Crippen MR) is 90.0 cm³/mol. The first-order chi connectivity index (χ1) is 9.85. The van der Waals surface area contributed by atoms with Crippen LogP contribution in [-0.2, 0) is 11.3 Å². The number of imidazole rings is 1. The van der Waals surface area contributed by atoms with Gasteiger partial charge >= 0.3 is 0 Å². The average Bonchev–Trinajstić information content (AvgIpc) is 2.76. The number of rotatable bonds is 4. The molecule has 1 unspecified atom stereocenters. The van der Waals surface area contributed by atoms with Gasteiger partial charge in [-0.3, -0.25) is 4.79 Å². The van der Waals surface area contributed by atoms with E-state index in [-0.39, 0.29) is 23.6 Å². The lowest BCUT2D eigenvalue weighted by Crippen LogP contribution is -2.30. The van der Waals surface area contributed by atoms with Crippen LogP contribution in [0.2, 0.25) is 0 Å². The van der Waals surface area contributed by atoms with E-state index in [1.54, 1.807) is 29.5 Å². The Morgan fingerprint density at radius 3 is 2.81 bits per heavy atom. The SMILES string of the molecule is CCN(C)C(=O)Cn1c(C(C)Cl)nc2cc(I)c(F)cc21. The Balaban J connectivity index is 2.56. The van der Waals surface area contributed by atoms with Gasteiger partial charge in [-0.15, -0.1) is 11.6 Å². The molecule has 1 heterocycles. The highest BCUT2D eigenvalue weighted by Gasteiger charge is 2.19. The number of amides is 1. The molecule has 0 aliphatic rings. The lowest BCUT2D eigenvalue weighted by molar-refractivity contribution is -0.130.